The van der Waals surface area contributed by atoms with Crippen LogP contribution in [0.2, 0.25) is 5.02 Å². The van der Waals surface area contributed by atoms with Crippen molar-refractivity contribution in [1.82, 2.24) is 19.6 Å². The van der Waals surface area contributed by atoms with Crippen molar-refractivity contribution in [3.63, 3.8) is 0 Å². The van der Waals surface area contributed by atoms with Gasteiger partial charge in [0.25, 0.3) is 5.78 Å². The molecule has 0 saturated heterocycles. The second-order valence-electron chi connectivity index (χ2n) is 6.61. The van der Waals surface area contributed by atoms with Gasteiger partial charge in [0.1, 0.15) is 18.0 Å². The molecule has 7 heteroatoms. The van der Waals surface area contributed by atoms with Crippen LogP contribution in [-0.4, -0.2) is 25.6 Å². The van der Waals surface area contributed by atoms with Gasteiger partial charge in [0.2, 0.25) is 0 Å². The number of nitrogens with zero attached hydrogens (tertiary/aromatic N) is 5. The first-order chi connectivity index (χ1) is 12.6. The van der Waals surface area contributed by atoms with Crippen LogP contribution in [0.5, 0.6) is 0 Å². The molecule has 4 aromatic rings. The van der Waals surface area contributed by atoms with E-state index in [1.54, 1.807) is 16.8 Å². The Bertz CT molecular complexity index is 1160. The average Bonchev–Trinajstić information content (AvgIpc) is 3.11. The monoisotopic (exact) mass is 367 g/mol. The molecule has 0 bridgehead atoms. The lowest BCUT2D eigenvalue weighted by molar-refractivity contribution is 0.614. The average molecular weight is 368 g/mol. The van der Waals surface area contributed by atoms with E-state index in [9.17, 15) is 4.39 Å². The molecule has 26 heavy (non-hydrogen) atoms. The molecule has 0 saturated carbocycles. The van der Waals surface area contributed by atoms with Crippen LogP contribution in [0.4, 0.5) is 15.9 Å². The van der Waals surface area contributed by atoms with Gasteiger partial charge in [-0.3, -0.25) is 4.40 Å². The minimum Gasteiger partial charge on any atom is -0.323 e. The maximum absolute atomic E-state index is 14.3. The van der Waals surface area contributed by atoms with Gasteiger partial charge >= 0.3 is 0 Å². The van der Waals surface area contributed by atoms with Crippen molar-refractivity contribution in [2.24, 2.45) is 0 Å². The van der Waals surface area contributed by atoms with Crippen LogP contribution in [0.15, 0.2) is 42.7 Å². The molecule has 2 aromatic heterocycles. The molecule has 1 atom stereocenters. The van der Waals surface area contributed by atoms with Gasteiger partial charge < -0.3 is 4.90 Å². The predicted molar refractivity (Wildman–Crippen MR) is 99.6 cm³/mol. The van der Waals surface area contributed by atoms with Crippen LogP contribution in [-0.2, 0) is 6.42 Å². The van der Waals surface area contributed by atoms with Gasteiger partial charge in [0.15, 0.2) is 0 Å². The Balaban J connectivity index is 1.87. The van der Waals surface area contributed by atoms with E-state index in [1.807, 2.05) is 12.1 Å². The van der Waals surface area contributed by atoms with E-state index in [0.29, 0.717) is 17.0 Å². The van der Waals surface area contributed by atoms with E-state index in [0.717, 1.165) is 24.0 Å². The maximum atomic E-state index is 14.3. The summed E-state index contributed by atoms with van der Waals surface area (Å²) in [6.45, 7) is 2.16. The second kappa shape index (κ2) is 5.64. The summed E-state index contributed by atoms with van der Waals surface area (Å²) in [5, 5.41) is 8.79. The number of benzene rings is 2. The highest BCUT2D eigenvalue weighted by Crippen LogP contribution is 2.39. The highest BCUT2D eigenvalue weighted by Gasteiger charge is 2.27. The lowest BCUT2D eigenvalue weighted by Gasteiger charge is -2.36. The summed E-state index contributed by atoms with van der Waals surface area (Å²) < 4.78 is 16.0. The van der Waals surface area contributed by atoms with Crippen LogP contribution in [0, 0.1) is 5.82 Å². The smallest absolute Gasteiger partial charge is 0.257 e. The predicted octanol–water partition coefficient (Wildman–Crippen LogP) is 4.54. The topological polar surface area (TPSA) is 46.3 Å². The first-order valence-corrected chi connectivity index (χ1v) is 8.87. The molecular weight excluding hydrogens is 353 g/mol. The van der Waals surface area contributed by atoms with Gasteiger partial charge in [-0.05, 0) is 43.5 Å². The van der Waals surface area contributed by atoms with Crippen LogP contribution in [0.1, 0.15) is 18.9 Å². The highest BCUT2D eigenvalue weighted by atomic mass is 35.5. The largest absolute Gasteiger partial charge is 0.323 e. The summed E-state index contributed by atoms with van der Waals surface area (Å²) >= 11 is 6.04. The van der Waals surface area contributed by atoms with Gasteiger partial charge in [-0.15, -0.1) is 10.2 Å². The van der Waals surface area contributed by atoms with Crippen LogP contribution in [0.3, 0.4) is 0 Å². The van der Waals surface area contributed by atoms with Crippen molar-refractivity contribution in [3.05, 3.63) is 59.1 Å². The Morgan fingerprint density at radius 3 is 2.96 bits per heavy atom. The number of rotatable bonds is 1. The molecule has 0 amide bonds. The molecular formula is C19H15ClFN5. The minimum atomic E-state index is -0.465. The first-order valence-electron chi connectivity index (χ1n) is 8.49. The molecule has 1 aliphatic rings. The maximum Gasteiger partial charge on any atom is 0.257 e. The summed E-state index contributed by atoms with van der Waals surface area (Å²) in [7, 11) is 0. The number of fused-ring (bicyclic) bond motifs is 4. The van der Waals surface area contributed by atoms with Crippen molar-refractivity contribution < 1.29 is 4.39 Å². The van der Waals surface area contributed by atoms with E-state index < -0.39 is 5.82 Å². The molecule has 5 rings (SSSR count). The molecule has 0 N–H and O–H groups in total. The fourth-order valence-electron chi connectivity index (χ4n) is 3.74. The molecule has 1 unspecified atom stereocenters. The molecule has 130 valence electrons. The SMILES string of the molecule is CC1CCc2ccccc2N1c1nc2nncn2c2cc(Cl)c(F)cc12. The third-order valence-corrected chi connectivity index (χ3v) is 5.32. The Morgan fingerprint density at radius 2 is 2.08 bits per heavy atom. The van der Waals surface area contributed by atoms with Crippen LogP contribution < -0.4 is 4.90 Å². The van der Waals surface area contributed by atoms with E-state index in [2.05, 4.69) is 34.2 Å². The molecule has 0 spiro atoms. The summed E-state index contributed by atoms with van der Waals surface area (Å²) in [5.41, 5.74) is 3.09. The molecule has 0 aliphatic carbocycles. The molecule has 2 aromatic carbocycles. The van der Waals surface area contributed by atoms with Gasteiger partial charge in [-0.1, -0.05) is 29.8 Å². The number of aryl methyl sites for hydroxylation is 1. The van der Waals surface area contributed by atoms with Crippen LogP contribution in [0.25, 0.3) is 16.7 Å². The number of halogens is 2. The van der Waals surface area contributed by atoms with E-state index >= 15 is 0 Å². The van der Waals surface area contributed by atoms with E-state index in [1.165, 1.54) is 11.6 Å². The van der Waals surface area contributed by atoms with Gasteiger partial charge in [-0.2, -0.15) is 4.98 Å². The fourth-order valence-corrected chi connectivity index (χ4v) is 3.90. The van der Waals surface area contributed by atoms with Gasteiger partial charge in [0.05, 0.1) is 10.5 Å². The Kier molecular flexibility index (Phi) is 3.37. The number of para-hydroxylation sites is 1. The van der Waals surface area contributed by atoms with Crippen LogP contribution >= 0.6 is 11.6 Å². The first kappa shape index (κ1) is 15.5. The molecule has 0 radical (unpaired) electrons. The number of anilines is 2. The normalized spacial score (nSPS) is 17.0. The number of hydrogen-bond donors (Lipinski definition) is 0. The zero-order valence-corrected chi connectivity index (χ0v) is 14.8. The van der Waals surface area contributed by atoms with Gasteiger partial charge in [0, 0.05) is 17.1 Å². The second-order valence-corrected chi connectivity index (χ2v) is 7.01. The Morgan fingerprint density at radius 1 is 1.23 bits per heavy atom. The van der Waals surface area contributed by atoms with E-state index in [-0.39, 0.29) is 11.1 Å². The third-order valence-electron chi connectivity index (χ3n) is 5.03. The summed E-state index contributed by atoms with van der Waals surface area (Å²) in [6, 6.07) is 11.5. The fraction of sp³-hybridized carbons (Fsp3) is 0.211. The number of hydrogen-bond acceptors (Lipinski definition) is 4. The van der Waals surface area contributed by atoms with Crippen molar-refractivity contribution in [2.75, 3.05) is 4.90 Å². The zero-order chi connectivity index (χ0) is 17.8. The van der Waals surface area contributed by atoms with E-state index in [4.69, 9.17) is 16.6 Å². The lowest BCUT2D eigenvalue weighted by atomic mass is 9.96. The minimum absolute atomic E-state index is 0.0664. The number of aromatic nitrogens is 4. The molecule has 1 aliphatic heterocycles. The summed E-state index contributed by atoms with van der Waals surface area (Å²) in [6.07, 6.45) is 3.57. The van der Waals surface area contributed by atoms with Crippen molar-refractivity contribution >= 4 is 39.8 Å². The van der Waals surface area contributed by atoms with Crippen molar-refractivity contribution in [2.45, 2.75) is 25.8 Å². The third kappa shape index (κ3) is 2.18. The molecule has 0 fully saturated rings. The quantitative estimate of drug-likeness (QED) is 0.495. The van der Waals surface area contributed by atoms with Crippen molar-refractivity contribution in [3.8, 4) is 0 Å². The summed E-state index contributed by atoms with van der Waals surface area (Å²) in [5.74, 6) is 0.675. The Hall–Kier alpha value is -2.73. The molecule has 3 heterocycles. The zero-order valence-electron chi connectivity index (χ0n) is 14.0. The lowest BCUT2D eigenvalue weighted by Crippen LogP contribution is -2.34. The highest BCUT2D eigenvalue weighted by molar-refractivity contribution is 6.31. The standard InChI is InChI=1S/C19H15ClFN5/c1-11-6-7-12-4-2-3-5-16(12)26(11)18-13-8-15(21)14(20)9-17(13)25-10-22-24-19(25)23-18/h2-5,8-11H,6-7H2,1H3. The van der Waals surface area contributed by atoms with Gasteiger partial charge in [-0.25, -0.2) is 4.39 Å². The Labute approximate surface area is 154 Å². The molecule has 5 nitrogen and oxygen atoms in total. The van der Waals surface area contributed by atoms with Crippen molar-refractivity contribution in [1.29, 1.82) is 0 Å². The summed E-state index contributed by atoms with van der Waals surface area (Å²) in [4.78, 5) is 6.88.